The fourth-order valence-corrected chi connectivity index (χ4v) is 4.44. The number of nitrogens with one attached hydrogen (secondary N) is 1. The smallest absolute Gasteiger partial charge is 0.257 e. The second-order valence-corrected chi connectivity index (χ2v) is 8.30. The molecular formula is C24H25N3O3S. The van der Waals surface area contributed by atoms with Gasteiger partial charge >= 0.3 is 0 Å². The van der Waals surface area contributed by atoms with Gasteiger partial charge in [-0.1, -0.05) is 30.3 Å². The van der Waals surface area contributed by atoms with E-state index in [0.717, 1.165) is 18.4 Å². The largest absolute Gasteiger partial charge is 0.373 e. The first-order valence-electron chi connectivity index (χ1n) is 10.4. The predicted octanol–water partition coefficient (Wildman–Crippen LogP) is 4.78. The van der Waals surface area contributed by atoms with Gasteiger partial charge in [-0.05, 0) is 49.6 Å². The van der Waals surface area contributed by atoms with E-state index in [2.05, 4.69) is 10.3 Å². The Morgan fingerprint density at radius 3 is 2.58 bits per heavy atom. The molecule has 0 aliphatic carbocycles. The zero-order valence-corrected chi connectivity index (χ0v) is 18.2. The molecule has 2 aromatic carbocycles. The van der Waals surface area contributed by atoms with Gasteiger partial charge in [-0.15, -0.1) is 11.3 Å². The molecule has 2 atom stereocenters. The topological polar surface area (TPSA) is 71.5 Å². The van der Waals surface area contributed by atoms with Crippen LogP contribution >= 0.6 is 11.3 Å². The number of hydrogen-bond acceptors (Lipinski definition) is 5. The summed E-state index contributed by atoms with van der Waals surface area (Å²) < 4.78 is 6.01. The van der Waals surface area contributed by atoms with Crippen molar-refractivity contribution in [1.29, 1.82) is 0 Å². The molecule has 7 heteroatoms. The number of carbonyl (C=O) groups is 2. The highest BCUT2D eigenvalue weighted by molar-refractivity contribution is 7.13. The van der Waals surface area contributed by atoms with Crippen molar-refractivity contribution in [3.63, 3.8) is 0 Å². The highest BCUT2D eigenvalue weighted by Crippen LogP contribution is 2.31. The Bertz CT molecular complexity index is 1010. The van der Waals surface area contributed by atoms with Crippen molar-refractivity contribution < 1.29 is 14.3 Å². The van der Waals surface area contributed by atoms with Crippen LogP contribution in [0.4, 0.5) is 5.13 Å². The monoisotopic (exact) mass is 435 g/mol. The first kappa shape index (κ1) is 21.2. The molecule has 1 fully saturated rings. The minimum atomic E-state index is -0.186. The van der Waals surface area contributed by atoms with Gasteiger partial charge < -0.3 is 9.64 Å². The normalized spacial score (nSPS) is 18.4. The zero-order chi connectivity index (χ0) is 21.6. The van der Waals surface area contributed by atoms with Crippen molar-refractivity contribution in [3.8, 4) is 0 Å². The summed E-state index contributed by atoms with van der Waals surface area (Å²) in [6, 6.07) is 17.0. The van der Waals surface area contributed by atoms with Crippen LogP contribution in [0.2, 0.25) is 0 Å². The molecule has 1 aliphatic rings. The van der Waals surface area contributed by atoms with Gasteiger partial charge in [0.1, 0.15) is 0 Å². The number of carbonyl (C=O) groups excluding carboxylic acids is 2. The lowest BCUT2D eigenvalue weighted by molar-refractivity contribution is -0.0231. The van der Waals surface area contributed by atoms with Gasteiger partial charge in [0, 0.05) is 41.9 Å². The highest BCUT2D eigenvalue weighted by Gasteiger charge is 2.30. The lowest BCUT2D eigenvalue weighted by Gasteiger charge is -2.37. The second-order valence-electron chi connectivity index (χ2n) is 7.41. The molecule has 2 heterocycles. The van der Waals surface area contributed by atoms with Crippen LogP contribution in [0.25, 0.3) is 0 Å². The Morgan fingerprint density at radius 1 is 1.13 bits per heavy atom. The van der Waals surface area contributed by atoms with Gasteiger partial charge in [0.05, 0.1) is 6.10 Å². The number of thiazole rings is 1. The average molecular weight is 436 g/mol. The molecule has 0 spiro atoms. The number of hydrogen-bond donors (Lipinski definition) is 1. The molecule has 1 aromatic heterocycles. The summed E-state index contributed by atoms with van der Waals surface area (Å²) in [5.41, 5.74) is 2.29. The highest BCUT2D eigenvalue weighted by atomic mass is 32.1. The molecule has 4 rings (SSSR count). The maximum atomic E-state index is 13.0. The van der Waals surface area contributed by atoms with Crippen LogP contribution in [-0.4, -0.2) is 40.9 Å². The van der Waals surface area contributed by atoms with Gasteiger partial charge in [-0.2, -0.15) is 0 Å². The van der Waals surface area contributed by atoms with Crippen LogP contribution in [-0.2, 0) is 4.74 Å². The van der Waals surface area contributed by atoms with E-state index < -0.39 is 0 Å². The molecule has 1 N–H and O–H groups in total. The Kier molecular flexibility index (Phi) is 6.74. The summed E-state index contributed by atoms with van der Waals surface area (Å²) in [4.78, 5) is 31.4. The number of anilines is 1. The third-order valence-corrected chi connectivity index (χ3v) is 6.21. The van der Waals surface area contributed by atoms with Gasteiger partial charge in [-0.25, -0.2) is 4.98 Å². The first-order valence-corrected chi connectivity index (χ1v) is 11.3. The Balaban J connectivity index is 1.43. The Morgan fingerprint density at radius 2 is 1.90 bits per heavy atom. The fourth-order valence-electron chi connectivity index (χ4n) is 3.91. The Hall–Kier alpha value is -3.03. The number of ether oxygens (including phenoxy) is 1. The van der Waals surface area contributed by atoms with Crippen LogP contribution < -0.4 is 5.32 Å². The van der Waals surface area contributed by atoms with Crippen LogP contribution in [0, 0.1) is 0 Å². The number of amides is 2. The molecule has 0 radical (unpaired) electrons. The predicted molar refractivity (Wildman–Crippen MR) is 121 cm³/mol. The molecule has 1 saturated heterocycles. The maximum absolute atomic E-state index is 13.0. The van der Waals surface area contributed by atoms with E-state index in [4.69, 9.17) is 4.74 Å². The summed E-state index contributed by atoms with van der Waals surface area (Å²) >= 11 is 1.38. The van der Waals surface area contributed by atoms with Crippen LogP contribution in [0.3, 0.4) is 0 Å². The fraction of sp³-hybridized carbons (Fsp3) is 0.292. The van der Waals surface area contributed by atoms with Gasteiger partial charge in [-0.3, -0.25) is 14.9 Å². The van der Waals surface area contributed by atoms with Crippen molar-refractivity contribution in [2.75, 3.05) is 18.5 Å². The molecule has 31 heavy (non-hydrogen) atoms. The van der Waals surface area contributed by atoms with E-state index >= 15 is 0 Å². The average Bonchev–Trinajstić information content (AvgIpc) is 3.33. The van der Waals surface area contributed by atoms with E-state index in [9.17, 15) is 9.59 Å². The summed E-state index contributed by atoms with van der Waals surface area (Å²) in [6.45, 7) is 3.27. The molecule has 160 valence electrons. The first-order chi connectivity index (χ1) is 15.2. The molecule has 6 nitrogen and oxygen atoms in total. The van der Waals surface area contributed by atoms with E-state index in [-0.39, 0.29) is 24.0 Å². The third kappa shape index (κ3) is 5.00. The summed E-state index contributed by atoms with van der Waals surface area (Å²) in [5.74, 6) is -0.127. The molecule has 0 bridgehead atoms. The quantitative estimate of drug-likeness (QED) is 0.605. The second kappa shape index (κ2) is 9.85. The third-order valence-electron chi connectivity index (χ3n) is 5.52. The number of rotatable bonds is 6. The van der Waals surface area contributed by atoms with Gasteiger partial charge in [0.25, 0.3) is 11.8 Å². The number of nitrogens with zero attached hydrogens (tertiary/aromatic N) is 2. The lowest BCUT2D eigenvalue weighted by Crippen LogP contribution is -2.43. The molecular weight excluding hydrogens is 410 g/mol. The molecule has 0 unspecified atom stereocenters. The molecule has 2 amide bonds. The summed E-state index contributed by atoms with van der Waals surface area (Å²) in [6.07, 6.45) is 3.10. The van der Waals surface area contributed by atoms with Gasteiger partial charge in [0.15, 0.2) is 5.13 Å². The van der Waals surface area contributed by atoms with E-state index in [1.54, 1.807) is 18.3 Å². The van der Waals surface area contributed by atoms with Crippen molar-refractivity contribution in [2.45, 2.75) is 31.9 Å². The van der Waals surface area contributed by atoms with Crippen molar-refractivity contribution in [3.05, 3.63) is 82.9 Å². The molecule has 0 saturated carbocycles. The number of benzene rings is 2. The van der Waals surface area contributed by atoms with E-state index in [1.165, 1.54) is 11.3 Å². The number of aromatic nitrogens is 1. The Labute approximate surface area is 185 Å². The lowest BCUT2D eigenvalue weighted by atomic mass is 9.95. The van der Waals surface area contributed by atoms with Crippen molar-refractivity contribution in [2.24, 2.45) is 0 Å². The van der Waals surface area contributed by atoms with Crippen LogP contribution in [0.15, 0.2) is 66.2 Å². The van der Waals surface area contributed by atoms with Crippen molar-refractivity contribution >= 4 is 28.3 Å². The standard InChI is InChI=1S/C24H25N3O3S/c1-2-27(23(29)19-6-4-3-5-7-19)20-12-14-30-21(16-20)17-8-10-18(11-9-17)22(28)26-24-25-13-15-31-24/h3-11,13,15,20-21H,2,12,14,16H2,1H3,(H,25,26,28)/t20-,21+/m1/s1. The maximum Gasteiger partial charge on any atom is 0.257 e. The van der Waals surface area contributed by atoms with Gasteiger partial charge in [0.2, 0.25) is 0 Å². The van der Waals surface area contributed by atoms with E-state index in [0.29, 0.717) is 29.4 Å². The summed E-state index contributed by atoms with van der Waals surface area (Å²) in [5, 5.41) is 5.18. The van der Waals surface area contributed by atoms with Crippen molar-refractivity contribution in [1.82, 2.24) is 9.88 Å². The molecule has 1 aliphatic heterocycles. The molecule has 3 aromatic rings. The SMILES string of the molecule is CCN(C(=O)c1ccccc1)[C@@H]1CCO[C@H](c2ccc(C(=O)Nc3nccs3)cc2)C1. The summed E-state index contributed by atoms with van der Waals surface area (Å²) in [7, 11) is 0. The minimum Gasteiger partial charge on any atom is -0.373 e. The minimum absolute atomic E-state index is 0.0583. The van der Waals surface area contributed by atoms with E-state index in [1.807, 2.05) is 59.7 Å². The van der Waals surface area contributed by atoms with Crippen LogP contribution in [0.5, 0.6) is 0 Å². The van der Waals surface area contributed by atoms with Crippen LogP contribution in [0.1, 0.15) is 52.1 Å². The zero-order valence-electron chi connectivity index (χ0n) is 17.4.